The number of carbonyl (C=O) groups excluding carboxylic acids is 2. The van der Waals surface area contributed by atoms with E-state index in [2.05, 4.69) is 36.5 Å². The topological polar surface area (TPSA) is 55.4 Å². The third-order valence-electron chi connectivity index (χ3n) is 4.73. The molecule has 28 heavy (non-hydrogen) atoms. The lowest BCUT2D eigenvalue weighted by molar-refractivity contribution is -0.108. The quantitative estimate of drug-likeness (QED) is 0.332. The molecular formula is C24H39NO3. The number of aldehydes is 1. The van der Waals surface area contributed by atoms with E-state index < -0.39 is 11.7 Å². The second-order valence-electron chi connectivity index (χ2n) is 8.62. The van der Waals surface area contributed by atoms with E-state index >= 15 is 0 Å². The lowest BCUT2D eigenvalue weighted by atomic mass is 10.00. The number of carbonyl (C=O) groups is 2. The molecule has 0 saturated heterocycles. The van der Waals surface area contributed by atoms with Crippen molar-refractivity contribution < 1.29 is 14.3 Å². The summed E-state index contributed by atoms with van der Waals surface area (Å²) in [5.41, 5.74) is 2.07. The summed E-state index contributed by atoms with van der Waals surface area (Å²) < 4.78 is 5.28. The maximum Gasteiger partial charge on any atom is 0.407 e. The highest BCUT2D eigenvalue weighted by Gasteiger charge is 2.19. The zero-order valence-corrected chi connectivity index (χ0v) is 18.3. The summed E-state index contributed by atoms with van der Waals surface area (Å²) in [4.78, 5) is 22.9. The highest BCUT2D eigenvalue weighted by atomic mass is 16.6. The summed E-state index contributed by atoms with van der Waals surface area (Å²) in [6.45, 7) is 7.73. The Balaban J connectivity index is 2.38. The van der Waals surface area contributed by atoms with E-state index in [4.69, 9.17) is 4.74 Å². The second kappa shape index (κ2) is 13.4. The SMILES string of the molecule is CCCCCCCCc1ccc(CC[C@@H](CC=O)NC(=O)OC(C)(C)C)cc1. The molecule has 0 radical (unpaired) electrons. The van der Waals surface area contributed by atoms with Crippen molar-refractivity contribution in [3.8, 4) is 0 Å². The average Bonchev–Trinajstić information content (AvgIpc) is 2.62. The van der Waals surface area contributed by atoms with Gasteiger partial charge in [-0.1, -0.05) is 63.3 Å². The van der Waals surface area contributed by atoms with Crippen LogP contribution in [0.25, 0.3) is 0 Å². The van der Waals surface area contributed by atoms with Crippen LogP contribution >= 0.6 is 0 Å². The fourth-order valence-corrected chi connectivity index (χ4v) is 3.16. The average molecular weight is 390 g/mol. The molecule has 1 N–H and O–H groups in total. The molecule has 158 valence electrons. The number of amides is 1. The van der Waals surface area contributed by atoms with Crippen molar-refractivity contribution in [2.45, 2.75) is 104 Å². The van der Waals surface area contributed by atoms with Crippen LogP contribution in [0.2, 0.25) is 0 Å². The van der Waals surface area contributed by atoms with Crippen molar-refractivity contribution in [2.75, 3.05) is 0 Å². The fraction of sp³-hybridized carbons (Fsp3) is 0.667. The van der Waals surface area contributed by atoms with E-state index in [1.54, 1.807) is 0 Å². The molecule has 1 atom stereocenters. The molecule has 1 amide bonds. The van der Waals surface area contributed by atoms with Gasteiger partial charge in [-0.15, -0.1) is 0 Å². The molecule has 0 aliphatic rings. The molecule has 0 bridgehead atoms. The minimum Gasteiger partial charge on any atom is -0.444 e. The van der Waals surface area contributed by atoms with Crippen LogP contribution in [0.15, 0.2) is 24.3 Å². The third-order valence-corrected chi connectivity index (χ3v) is 4.73. The summed E-state index contributed by atoms with van der Waals surface area (Å²) in [5, 5.41) is 2.81. The first-order valence-electron chi connectivity index (χ1n) is 10.8. The Labute approximate surface area is 171 Å². The van der Waals surface area contributed by atoms with E-state index in [1.165, 1.54) is 49.7 Å². The number of hydrogen-bond donors (Lipinski definition) is 1. The van der Waals surface area contributed by atoms with E-state index in [0.29, 0.717) is 6.42 Å². The largest absolute Gasteiger partial charge is 0.444 e. The van der Waals surface area contributed by atoms with Gasteiger partial charge in [-0.25, -0.2) is 4.79 Å². The molecule has 4 heteroatoms. The number of aryl methyl sites for hydroxylation is 2. The van der Waals surface area contributed by atoms with Gasteiger partial charge in [0, 0.05) is 12.5 Å². The number of rotatable bonds is 13. The van der Waals surface area contributed by atoms with Gasteiger partial charge in [0.2, 0.25) is 0 Å². The Hall–Kier alpha value is -1.84. The number of benzene rings is 1. The smallest absolute Gasteiger partial charge is 0.407 e. The van der Waals surface area contributed by atoms with Crippen LogP contribution in [0.5, 0.6) is 0 Å². The molecule has 0 saturated carbocycles. The zero-order valence-electron chi connectivity index (χ0n) is 18.3. The number of alkyl carbamates (subject to hydrolysis) is 1. The van der Waals surface area contributed by atoms with Gasteiger partial charge in [-0.2, -0.15) is 0 Å². The summed E-state index contributed by atoms with van der Waals surface area (Å²) in [6.07, 6.45) is 11.3. The van der Waals surface area contributed by atoms with Crippen LogP contribution in [0, 0.1) is 0 Å². The molecule has 0 aliphatic carbocycles. The minimum atomic E-state index is -0.540. The van der Waals surface area contributed by atoms with E-state index in [9.17, 15) is 9.59 Å². The number of nitrogens with one attached hydrogen (secondary N) is 1. The number of unbranched alkanes of at least 4 members (excludes halogenated alkanes) is 5. The predicted molar refractivity (Wildman–Crippen MR) is 116 cm³/mol. The summed E-state index contributed by atoms with van der Waals surface area (Å²) in [5.74, 6) is 0. The molecule has 0 fully saturated rings. The Morgan fingerprint density at radius 1 is 1.00 bits per heavy atom. The van der Waals surface area contributed by atoms with Crippen molar-refractivity contribution in [3.63, 3.8) is 0 Å². The van der Waals surface area contributed by atoms with Gasteiger partial charge in [-0.05, 0) is 57.6 Å². The Bertz CT molecular complexity index is 560. The highest BCUT2D eigenvalue weighted by Crippen LogP contribution is 2.14. The monoisotopic (exact) mass is 389 g/mol. The van der Waals surface area contributed by atoms with Gasteiger partial charge < -0.3 is 14.8 Å². The van der Waals surface area contributed by atoms with Gasteiger partial charge in [0.05, 0.1) is 0 Å². The Morgan fingerprint density at radius 2 is 1.57 bits per heavy atom. The van der Waals surface area contributed by atoms with E-state index in [0.717, 1.165) is 25.5 Å². The van der Waals surface area contributed by atoms with Crippen LogP contribution in [0.1, 0.15) is 90.2 Å². The molecule has 0 unspecified atom stereocenters. The van der Waals surface area contributed by atoms with E-state index in [-0.39, 0.29) is 6.04 Å². The molecular weight excluding hydrogens is 350 g/mol. The van der Waals surface area contributed by atoms with Gasteiger partial charge in [0.25, 0.3) is 0 Å². The highest BCUT2D eigenvalue weighted by molar-refractivity contribution is 5.68. The summed E-state index contributed by atoms with van der Waals surface area (Å²) in [7, 11) is 0. The molecule has 0 aliphatic heterocycles. The van der Waals surface area contributed by atoms with E-state index in [1.807, 2.05) is 20.8 Å². The first kappa shape index (κ1) is 24.2. The summed E-state index contributed by atoms with van der Waals surface area (Å²) in [6, 6.07) is 8.54. The maximum atomic E-state index is 11.9. The maximum absolute atomic E-state index is 11.9. The van der Waals surface area contributed by atoms with Gasteiger partial charge >= 0.3 is 6.09 Å². The van der Waals surface area contributed by atoms with Gasteiger partial charge in [0.1, 0.15) is 11.9 Å². The van der Waals surface area contributed by atoms with Crippen molar-refractivity contribution in [3.05, 3.63) is 35.4 Å². The number of hydrogen-bond acceptors (Lipinski definition) is 3. The minimum absolute atomic E-state index is 0.199. The fourth-order valence-electron chi connectivity index (χ4n) is 3.16. The van der Waals surface area contributed by atoms with Crippen LogP contribution in [-0.2, 0) is 22.4 Å². The third kappa shape index (κ3) is 11.8. The first-order valence-corrected chi connectivity index (χ1v) is 10.8. The summed E-state index contributed by atoms with van der Waals surface area (Å²) >= 11 is 0. The normalized spacial score (nSPS) is 12.4. The first-order chi connectivity index (χ1) is 13.3. The molecule has 0 aromatic heterocycles. The van der Waals surface area contributed by atoms with Crippen molar-refractivity contribution in [2.24, 2.45) is 0 Å². The van der Waals surface area contributed by atoms with Crippen molar-refractivity contribution in [1.29, 1.82) is 0 Å². The second-order valence-corrected chi connectivity index (χ2v) is 8.62. The van der Waals surface area contributed by atoms with Crippen molar-refractivity contribution in [1.82, 2.24) is 5.32 Å². The molecule has 1 aromatic rings. The molecule has 1 aromatic carbocycles. The zero-order chi connectivity index (χ0) is 20.8. The Morgan fingerprint density at radius 3 is 2.14 bits per heavy atom. The number of ether oxygens (including phenoxy) is 1. The van der Waals surface area contributed by atoms with Crippen molar-refractivity contribution >= 4 is 12.4 Å². The van der Waals surface area contributed by atoms with Crippen LogP contribution in [0.4, 0.5) is 4.79 Å². The van der Waals surface area contributed by atoms with Gasteiger partial charge in [-0.3, -0.25) is 0 Å². The lowest BCUT2D eigenvalue weighted by Crippen LogP contribution is -2.39. The van der Waals surface area contributed by atoms with Crippen LogP contribution in [-0.4, -0.2) is 24.0 Å². The molecule has 0 heterocycles. The molecule has 4 nitrogen and oxygen atoms in total. The van der Waals surface area contributed by atoms with Gasteiger partial charge in [0.15, 0.2) is 0 Å². The van der Waals surface area contributed by atoms with Crippen LogP contribution in [0.3, 0.4) is 0 Å². The Kier molecular flexibility index (Phi) is 11.5. The van der Waals surface area contributed by atoms with Crippen LogP contribution < -0.4 is 5.32 Å². The molecule has 1 rings (SSSR count). The standard InChI is InChI=1S/C24H39NO3/c1-5-6-7-8-9-10-11-20-12-14-21(15-13-20)16-17-22(18-19-26)25-23(27)28-24(2,3)4/h12-15,19,22H,5-11,16-18H2,1-4H3,(H,25,27)/t22-/m0/s1. The predicted octanol–water partition coefficient (Wildman–Crippen LogP) is 6.00. The molecule has 0 spiro atoms. The lowest BCUT2D eigenvalue weighted by Gasteiger charge is -2.23.